The van der Waals surface area contributed by atoms with Gasteiger partial charge in [-0.05, 0) is 43.7 Å². The molecular formula is C22H23FN4O3S. The van der Waals surface area contributed by atoms with Gasteiger partial charge >= 0.3 is 0 Å². The minimum Gasteiger partial charge on any atom is -0.345 e. The maximum Gasteiger partial charge on any atom is 0.254 e. The quantitative estimate of drug-likeness (QED) is 0.607. The predicted octanol–water partition coefficient (Wildman–Crippen LogP) is 3.24. The van der Waals surface area contributed by atoms with E-state index in [2.05, 4.69) is 15.3 Å². The maximum absolute atomic E-state index is 13.0. The molecule has 0 aliphatic rings. The number of nitrogens with zero attached hydrogens (tertiary/aromatic N) is 3. The van der Waals surface area contributed by atoms with E-state index in [1.54, 1.807) is 43.3 Å². The molecule has 0 unspecified atom stereocenters. The number of amides is 1. The third kappa shape index (κ3) is 5.50. The molecule has 0 radical (unpaired) electrons. The van der Waals surface area contributed by atoms with Crippen LogP contribution in [0, 0.1) is 12.7 Å². The summed E-state index contributed by atoms with van der Waals surface area (Å²) in [6.07, 6.45) is 2.70. The molecule has 1 atom stereocenters. The van der Waals surface area contributed by atoms with Crippen LogP contribution in [-0.4, -0.2) is 35.6 Å². The van der Waals surface area contributed by atoms with E-state index in [1.165, 1.54) is 31.6 Å². The van der Waals surface area contributed by atoms with Gasteiger partial charge in [0.05, 0.1) is 23.0 Å². The number of hydrogen-bond donors (Lipinski definition) is 1. The lowest BCUT2D eigenvalue weighted by atomic mass is 10.1. The Morgan fingerprint density at radius 2 is 1.65 bits per heavy atom. The summed E-state index contributed by atoms with van der Waals surface area (Å²) in [4.78, 5) is 20.9. The van der Waals surface area contributed by atoms with Crippen molar-refractivity contribution < 1.29 is 17.6 Å². The van der Waals surface area contributed by atoms with Gasteiger partial charge in [-0.1, -0.05) is 29.8 Å². The van der Waals surface area contributed by atoms with Crippen LogP contribution in [-0.2, 0) is 16.6 Å². The summed E-state index contributed by atoms with van der Waals surface area (Å²) in [5.41, 5.74) is 1.96. The summed E-state index contributed by atoms with van der Waals surface area (Å²) < 4.78 is 39.6. The van der Waals surface area contributed by atoms with Crippen molar-refractivity contribution in [2.75, 3.05) is 7.05 Å². The monoisotopic (exact) mass is 442 g/mol. The van der Waals surface area contributed by atoms with Gasteiger partial charge in [-0.25, -0.2) is 22.8 Å². The van der Waals surface area contributed by atoms with Gasteiger partial charge in [0.15, 0.2) is 0 Å². The van der Waals surface area contributed by atoms with Crippen molar-refractivity contribution in [3.63, 3.8) is 0 Å². The lowest BCUT2D eigenvalue weighted by Crippen LogP contribution is -2.28. The van der Waals surface area contributed by atoms with Gasteiger partial charge in [-0.2, -0.15) is 4.31 Å². The lowest BCUT2D eigenvalue weighted by Gasteiger charge is -2.17. The standard InChI is InChI=1S/C22H23FN4O3S/c1-15-4-10-20(11-5-15)31(29,30)27(3)14-21-24-12-18(13-25-21)22(28)26-16(2)17-6-8-19(23)9-7-17/h4-13,16H,14H2,1-3H3,(H,26,28)/t16-/m0/s1. The normalized spacial score (nSPS) is 12.5. The molecule has 7 nitrogen and oxygen atoms in total. The zero-order valence-electron chi connectivity index (χ0n) is 17.4. The largest absolute Gasteiger partial charge is 0.345 e. The Balaban J connectivity index is 1.64. The number of nitrogens with one attached hydrogen (secondary N) is 1. The highest BCUT2D eigenvalue weighted by atomic mass is 32.2. The second kappa shape index (κ2) is 9.32. The van der Waals surface area contributed by atoms with Crippen LogP contribution in [0.3, 0.4) is 0 Å². The highest BCUT2D eigenvalue weighted by Crippen LogP contribution is 2.17. The van der Waals surface area contributed by atoms with Crippen molar-refractivity contribution in [3.05, 3.63) is 89.3 Å². The molecule has 1 amide bonds. The van der Waals surface area contributed by atoms with E-state index in [0.717, 1.165) is 15.4 Å². The summed E-state index contributed by atoms with van der Waals surface area (Å²) in [5, 5.41) is 2.79. The average molecular weight is 443 g/mol. The molecule has 3 aromatic rings. The summed E-state index contributed by atoms with van der Waals surface area (Å²) in [6, 6.07) is 12.1. The summed E-state index contributed by atoms with van der Waals surface area (Å²) >= 11 is 0. The first-order valence-electron chi connectivity index (χ1n) is 9.57. The molecule has 1 heterocycles. The molecule has 9 heteroatoms. The number of aromatic nitrogens is 2. The highest BCUT2D eigenvalue weighted by Gasteiger charge is 2.22. The smallest absolute Gasteiger partial charge is 0.254 e. The van der Waals surface area contributed by atoms with Crippen molar-refractivity contribution in [1.82, 2.24) is 19.6 Å². The van der Waals surface area contributed by atoms with Gasteiger partial charge in [0.2, 0.25) is 10.0 Å². The molecule has 2 aromatic carbocycles. The van der Waals surface area contributed by atoms with Crippen LogP contribution < -0.4 is 5.32 Å². The molecule has 0 saturated heterocycles. The van der Waals surface area contributed by atoms with Gasteiger partial charge in [-0.3, -0.25) is 4.79 Å². The molecule has 162 valence electrons. The van der Waals surface area contributed by atoms with Crippen molar-refractivity contribution in [2.24, 2.45) is 0 Å². The van der Waals surface area contributed by atoms with Crippen LogP contribution in [0.5, 0.6) is 0 Å². The number of carbonyl (C=O) groups is 1. The van der Waals surface area contributed by atoms with Crippen LogP contribution in [0.4, 0.5) is 4.39 Å². The summed E-state index contributed by atoms with van der Waals surface area (Å²) in [6.45, 7) is 3.63. The van der Waals surface area contributed by atoms with Crippen molar-refractivity contribution >= 4 is 15.9 Å². The van der Waals surface area contributed by atoms with Crippen molar-refractivity contribution in [1.29, 1.82) is 0 Å². The second-order valence-electron chi connectivity index (χ2n) is 7.21. The Bertz CT molecular complexity index is 1150. The molecule has 31 heavy (non-hydrogen) atoms. The van der Waals surface area contributed by atoms with Gasteiger partial charge in [0.1, 0.15) is 11.6 Å². The summed E-state index contributed by atoms with van der Waals surface area (Å²) in [5.74, 6) is -0.467. The molecule has 0 bridgehead atoms. The Labute approximate surface area is 181 Å². The Morgan fingerprint density at radius 1 is 1.06 bits per heavy atom. The van der Waals surface area contributed by atoms with Gasteiger partial charge in [0.25, 0.3) is 5.91 Å². The van der Waals surface area contributed by atoms with Crippen LogP contribution in [0.1, 0.15) is 40.3 Å². The minimum absolute atomic E-state index is 0.0376. The van der Waals surface area contributed by atoms with Gasteiger partial charge in [0, 0.05) is 19.4 Å². The van der Waals surface area contributed by atoms with E-state index in [9.17, 15) is 17.6 Å². The lowest BCUT2D eigenvalue weighted by molar-refractivity contribution is 0.0939. The van der Waals surface area contributed by atoms with E-state index in [0.29, 0.717) is 0 Å². The third-order valence-electron chi connectivity index (χ3n) is 4.78. The molecule has 0 saturated carbocycles. The number of halogens is 1. The van der Waals surface area contributed by atoms with Crippen LogP contribution in [0.15, 0.2) is 65.8 Å². The average Bonchev–Trinajstić information content (AvgIpc) is 2.75. The fourth-order valence-corrected chi connectivity index (χ4v) is 3.97. The zero-order valence-corrected chi connectivity index (χ0v) is 18.2. The van der Waals surface area contributed by atoms with Crippen molar-refractivity contribution in [2.45, 2.75) is 31.3 Å². The first-order valence-corrected chi connectivity index (χ1v) is 11.0. The van der Waals surface area contributed by atoms with E-state index in [-0.39, 0.29) is 40.6 Å². The predicted molar refractivity (Wildman–Crippen MR) is 114 cm³/mol. The third-order valence-corrected chi connectivity index (χ3v) is 6.60. The van der Waals surface area contributed by atoms with Crippen LogP contribution >= 0.6 is 0 Å². The van der Waals surface area contributed by atoms with E-state index >= 15 is 0 Å². The summed E-state index contributed by atoms with van der Waals surface area (Å²) in [7, 11) is -2.23. The number of sulfonamides is 1. The van der Waals surface area contributed by atoms with Crippen LogP contribution in [0.2, 0.25) is 0 Å². The Morgan fingerprint density at radius 3 is 2.23 bits per heavy atom. The fraction of sp³-hybridized carbons (Fsp3) is 0.227. The highest BCUT2D eigenvalue weighted by molar-refractivity contribution is 7.89. The molecule has 1 aromatic heterocycles. The molecule has 0 fully saturated rings. The molecule has 3 rings (SSSR count). The first kappa shape index (κ1) is 22.5. The van der Waals surface area contributed by atoms with Crippen molar-refractivity contribution in [3.8, 4) is 0 Å². The molecule has 1 N–H and O–H groups in total. The minimum atomic E-state index is -3.68. The number of rotatable bonds is 7. The number of benzene rings is 2. The number of carbonyl (C=O) groups excluding carboxylic acids is 1. The molecular weight excluding hydrogens is 419 g/mol. The van der Waals surface area contributed by atoms with E-state index in [1.807, 2.05) is 6.92 Å². The van der Waals surface area contributed by atoms with Crippen LogP contribution in [0.25, 0.3) is 0 Å². The molecule has 0 aliphatic heterocycles. The SMILES string of the molecule is Cc1ccc(S(=O)(=O)N(C)Cc2ncc(C(=O)N[C@@H](C)c3ccc(F)cc3)cn2)cc1. The van der Waals surface area contributed by atoms with Gasteiger partial charge < -0.3 is 5.32 Å². The zero-order chi connectivity index (χ0) is 22.6. The van der Waals surface area contributed by atoms with E-state index < -0.39 is 10.0 Å². The second-order valence-corrected chi connectivity index (χ2v) is 9.25. The number of aryl methyl sites for hydroxylation is 1. The fourth-order valence-electron chi connectivity index (χ4n) is 2.84. The topological polar surface area (TPSA) is 92.3 Å². The maximum atomic E-state index is 13.0. The van der Waals surface area contributed by atoms with E-state index in [4.69, 9.17) is 0 Å². The first-order chi connectivity index (χ1) is 14.7. The molecule has 0 spiro atoms. The Kier molecular flexibility index (Phi) is 6.77. The molecule has 0 aliphatic carbocycles. The Hall–Kier alpha value is -3.17. The van der Waals surface area contributed by atoms with Gasteiger partial charge in [-0.15, -0.1) is 0 Å². The number of hydrogen-bond acceptors (Lipinski definition) is 5.